The van der Waals surface area contributed by atoms with Crippen LogP contribution in [0.25, 0.3) is 0 Å². The van der Waals surface area contributed by atoms with Crippen molar-refractivity contribution in [2.75, 3.05) is 0 Å². The molecule has 594 valence electrons. The number of halogens is 20. The lowest BCUT2D eigenvalue weighted by Crippen LogP contribution is -2.66. The van der Waals surface area contributed by atoms with Gasteiger partial charge in [-0.2, -0.15) is 0 Å². The van der Waals surface area contributed by atoms with Gasteiger partial charge in [-0.25, -0.2) is 97.4 Å². The van der Waals surface area contributed by atoms with Crippen molar-refractivity contribution >= 4 is 82.6 Å². The minimum atomic E-state index is -5.26. The van der Waals surface area contributed by atoms with Crippen LogP contribution in [0.15, 0.2) is 109 Å². The molecule has 2 fully saturated rings. The molecule has 0 aliphatic carbocycles. The highest BCUT2D eigenvalue weighted by Gasteiger charge is 2.72. The lowest BCUT2D eigenvalue weighted by Gasteiger charge is -2.35. The Labute approximate surface area is 635 Å². The zero-order valence-electron chi connectivity index (χ0n) is 63.3. The van der Waals surface area contributed by atoms with E-state index in [2.05, 4.69) is 52.0 Å². The van der Waals surface area contributed by atoms with Crippen LogP contribution in [0, 0.1) is 213 Å². The lowest BCUT2D eigenvalue weighted by atomic mass is 9.46. The summed E-state index contributed by atoms with van der Waals surface area (Å²) in [5, 5.41) is -0.0754. The minimum Gasteiger partial charge on any atom is -0.623 e. The zero-order valence-corrected chi connectivity index (χ0v) is 65.1. The van der Waals surface area contributed by atoms with Crippen LogP contribution in [0.5, 0.6) is 0 Å². The fourth-order valence-corrected chi connectivity index (χ4v) is 22.9. The third kappa shape index (κ3) is 15.8. The minimum absolute atomic E-state index is 0.0188. The monoisotopic (exact) mass is 1620 g/mol. The summed E-state index contributed by atoms with van der Waals surface area (Å²) in [4.78, 5) is 28.9. The van der Waals surface area contributed by atoms with Gasteiger partial charge in [-0.3, -0.25) is 0 Å². The summed E-state index contributed by atoms with van der Waals surface area (Å²) >= 11 is 0. The Hall–Kier alpha value is -9.35. The summed E-state index contributed by atoms with van der Waals surface area (Å²) in [7, 11) is -9.25. The largest absolute Gasteiger partial charge is 0.623 e. The Morgan fingerprint density at radius 3 is 0.554 bits per heavy atom. The van der Waals surface area contributed by atoms with Gasteiger partial charge in [-0.05, 0) is 141 Å². The Morgan fingerprint density at radius 1 is 0.250 bits per heavy atom. The zero-order chi connectivity index (χ0) is 83.8. The van der Waals surface area contributed by atoms with Gasteiger partial charge >= 0.3 is 24.5 Å². The second kappa shape index (κ2) is 34.5. The smallest absolute Gasteiger partial charge is 0.442 e. The van der Waals surface area contributed by atoms with Crippen molar-refractivity contribution in [2.24, 2.45) is 0 Å². The van der Waals surface area contributed by atoms with Crippen LogP contribution in [-0.4, -0.2) is 24.5 Å². The summed E-state index contributed by atoms with van der Waals surface area (Å²) in [6.07, 6.45) is 5.54. The van der Waals surface area contributed by atoms with Crippen LogP contribution >= 0.6 is 15.0 Å². The highest BCUT2D eigenvalue weighted by Crippen LogP contribution is 2.69. The van der Waals surface area contributed by atoms with Crippen LogP contribution in [0.3, 0.4) is 0 Å². The van der Waals surface area contributed by atoms with E-state index in [0.29, 0.717) is 22.3 Å². The number of unbranched alkanes of at least 4 members (excludes halogenated alkanes) is 3. The van der Waals surface area contributed by atoms with Gasteiger partial charge in [-0.1, -0.05) is 204 Å². The van der Waals surface area contributed by atoms with Crippen molar-refractivity contribution in [3.05, 3.63) is 303 Å². The summed E-state index contributed by atoms with van der Waals surface area (Å²) in [5.41, 5.74) is -4.61. The average molecular weight is 1620 g/mol. The quantitative estimate of drug-likeness (QED) is 0.0321. The number of carbonyl (C=O) groups excluding carboxylic acids is 2. The molecule has 0 bridgehead atoms. The van der Waals surface area contributed by atoms with E-state index in [-0.39, 0.29) is 65.7 Å². The number of rotatable bonds is 11. The molecule has 112 heavy (non-hydrogen) atoms. The summed E-state index contributed by atoms with van der Waals surface area (Å²) in [5.74, 6) is -54.2. The molecule has 0 amide bonds. The van der Waals surface area contributed by atoms with Crippen LogP contribution < -0.4 is 43.1 Å². The molecule has 2 aliphatic rings. The maximum absolute atomic E-state index is 15.7. The maximum Gasteiger partial charge on any atom is 0.442 e. The van der Waals surface area contributed by atoms with E-state index in [1.54, 1.807) is 76.2 Å². The molecule has 2 saturated heterocycles. The molecule has 2 aliphatic heterocycles. The van der Waals surface area contributed by atoms with Gasteiger partial charge < -0.3 is 18.2 Å². The third-order valence-electron chi connectivity index (χ3n) is 18.8. The molecule has 10 aromatic carbocycles. The van der Waals surface area contributed by atoms with Gasteiger partial charge in [0.05, 0.1) is 0 Å². The number of carbonyl (C=O) groups is 2. The van der Waals surface area contributed by atoms with Crippen molar-refractivity contribution in [3.63, 3.8) is 0 Å². The molecule has 0 N–H and O–H groups in total. The van der Waals surface area contributed by atoms with Crippen LogP contribution in [-0.2, 0) is 18.2 Å². The molecule has 6 nitrogen and oxygen atoms in total. The molecule has 0 atom stereocenters. The summed E-state index contributed by atoms with van der Waals surface area (Å²) in [6.45, 7) is 16.8. The first kappa shape index (κ1) is 88.2. The Kier molecular flexibility index (Phi) is 27.2. The van der Waals surface area contributed by atoms with Crippen LogP contribution in [0.1, 0.15) is 117 Å². The van der Waals surface area contributed by atoms with Gasteiger partial charge in [0.25, 0.3) is 15.0 Å². The maximum atomic E-state index is 15.7. The van der Waals surface area contributed by atoms with Gasteiger partial charge in [0, 0.05) is 0 Å². The molecule has 2 heterocycles. The van der Waals surface area contributed by atoms with E-state index in [1.807, 2.05) is 36.4 Å². The second-order valence-corrected chi connectivity index (χ2v) is 32.9. The number of hydrogen-bond donors (Lipinski definition) is 0. The first-order chi connectivity index (χ1) is 52.4. The molecule has 0 aromatic heterocycles. The Morgan fingerprint density at radius 2 is 0.411 bits per heavy atom. The highest BCUT2D eigenvalue weighted by atomic mass is 31.2. The topological polar surface area (TPSA) is 71.1 Å². The van der Waals surface area contributed by atoms with Crippen molar-refractivity contribution in [2.45, 2.75) is 136 Å². The number of benzene rings is 10. The van der Waals surface area contributed by atoms with E-state index in [1.165, 1.54) is 92.2 Å². The predicted molar refractivity (Wildman–Crippen MR) is 397 cm³/mol. The number of aryl methyl sites for hydroxylation is 14. The average Bonchev–Trinajstić information content (AvgIpc) is 1.51. The van der Waals surface area contributed by atoms with E-state index in [9.17, 15) is 62.3 Å². The molecule has 10 aromatic rings. The van der Waals surface area contributed by atoms with Gasteiger partial charge in [0.1, 0.15) is 67.8 Å². The van der Waals surface area contributed by atoms with Crippen molar-refractivity contribution in [1.82, 2.24) is 0 Å². The molecule has 0 unspecified atom stereocenters. The first-order valence-corrected chi connectivity index (χ1v) is 38.2. The molecule has 0 saturated carbocycles. The Balaban J connectivity index is 0.000000224. The molecular weight excluding hydrogens is 1540 g/mol. The fraction of sp³-hybridized carbons (Fsp3) is 0.244. The third-order valence-corrected chi connectivity index (χ3v) is 26.6. The van der Waals surface area contributed by atoms with E-state index < -0.39 is 178 Å². The lowest BCUT2D eigenvalue weighted by molar-refractivity contribution is 0.224. The summed E-state index contributed by atoms with van der Waals surface area (Å²) < 4.78 is 323. The first-order valence-electron chi connectivity index (χ1n) is 34.8. The second-order valence-electron chi connectivity index (χ2n) is 27.6. The van der Waals surface area contributed by atoms with E-state index in [4.69, 9.17) is 18.2 Å². The standard InChI is InChI=1S/2C31H22BF10O3P.2C7H8.C6H14/c2*1-11-7-13(3)29(14(4)8-11)46(30-15(5)9-12(2)10-16(30)6)31(43)44-32(45-46,17-19(33)23(37)27(41)24(38)20(17)34)18-21(35)25(39)28(42)26(40)22(18)36;2*1-7-5-3-2-4-6-7;1-3-5-6-4-2/h2*7-10H,1-6H3;2*2-6H,1H3;3-6H2,1-2H3. The SMILES string of the molecule is CCCCCC.Cc1cc(C)c([P+]2(c3c(C)cc(C)cc3C)O[B-](c3c(F)c(F)c(F)c(F)c3F)(c3c(F)c(F)c(F)c(F)c3F)OC2=O)c(C)c1.Cc1cc(C)c([P+]2(c3c(C)cc(C)cc3C)O[B-](c3c(F)c(F)c(F)c(F)c3F)(c3c(F)c(F)c(F)c(F)c3F)OC2=O)c(C)c1.Cc1ccccc1.Cc1ccccc1. The highest BCUT2D eigenvalue weighted by molar-refractivity contribution is 8.01. The Bertz CT molecular complexity index is 4570. The van der Waals surface area contributed by atoms with E-state index in [0.717, 1.165) is 0 Å². The molecule has 30 heteroatoms. The predicted octanol–water partition coefficient (Wildman–Crippen LogP) is 21.0. The van der Waals surface area contributed by atoms with Crippen molar-refractivity contribution in [3.8, 4) is 0 Å². The summed E-state index contributed by atoms with van der Waals surface area (Å²) in [6, 6.07) is 33.0. The van der Waals surface area contributed by atoms with Crippen molar-refractivity contribution < 1.29 is 116 Å². The van der Waals surface area contributed by atoms with Crippen molar-refractivity contribution in [1.29, 1.82) is 0 Å². The van der Waals surface area contributed by atoms with E-state index >= 15 is 35.1 Å². The van der Waals surface area contributed by atoms with Crippen LogP contribution in [0.4, 0.5) is 97.4 Å². The number of hydrogen-bond acceptors (Lipinski definition) is 6. The van der Waals surface area contributed by atoms with Gasteiger partial charge in [0.15, 0.2) is 69.8 Å². The van der Waals surface area contributed by atoms with Gasteiger partial charge in [0.2, 0.25) is 0 Å². The fourth-order valence-electron chi connectivity index (χ4n) is 14.6. The van der Waals surface area contributed by atoms with Crippen LogP contribution in [0.2, 0.25) is 0 Å². The molecule has 0 spiro atoms. The normalized spacial score (nSPS) is 14.2. The van der Waals surface area contributed by atoms with Gasteiger partial charge in [-0.15, -0.1) is 0 Å². The molecular formula is C82H74B2F20O6P2. The molecule has 12 rings (SSSR count). The molecule has 0 radical (unpaired) electrons.